The van der Waals surface area contributed by atoms with E-state index in [1.54, 1.807) is 4.68 Å². The molecule has 0 bridgehead atoms. The Morgan fingerprint density at radius 1 is 1.41 bits per heavy atom. The number of hydrogen-bond donors (Lipinski definition) is 2. The number of nitrogens with zero attached hydrogens (tertiary/aromatic N) is 3. The smallest absolute Gasteiger partial charge is 0.407 e. The molecule has 2 aromatic rings. The number of aromatic nitrogens is 2. The van der Waals surface area contributed by atoms with Crippen molar-refractivity contribution >= 4 is 11.9 Å². The highest BCUT2D eigenvalue weighted by atomic mass is 16.5. The summed E-state index contributed by atoms with van der Waals surface area (Å²) in [6, 6.07) is 9.57. The van der Waals surface area contributed by atoms with Gasteiger partial charge >= 0.3 is 6.09 Å². The Balaban J connectivity index is 1.93. The lowest BCUT2D eigenvalue weighted by molar-refractivity contribution is -0.0256. The van der Waals surface area contributed by atoms with Crippen LogP contribution < -0.4 is 5.73 Å². The molecule has 0 saturated carbocycles. The number of carboxylic acid groups (broad SMARTS) is 1. The second-order valence-corrected chi connectivity index (χ2v) is 5.23. The zero-order valence-electron chi connectivity index (χ0n) is 12.3. The second kappa shape index (κ2) is 5.69. The number of hydrogen-bond acceptors (Lipinski definition) is 4. The molecule has 0 spiro atoms. The molecule has 7 heteroatoms. The predicted molar refractivity (Wildman–Crippen MR) is 81.0 cm³/mol. The molecule has 3 N–H and O–H groups in total. The van der Waals surface area contributed by atoms with Crippen molar-refractivity contribution in [2.75, 3.05) is 25.4 Å². The van der Waals surface area contributed by atoms with E-state index in [0.717, 1.165) is 11.3 Å². The fourth-order valence-electron chi connectivity index (χ4n) is 2.59. The van der Waals surface area contributed by atoms with Crippen molar-refractivity contribution in [3.63, 3.8) is 0 Å². The molecule has 0 aliphatic carbocycles. The van der Waals surface area contributed by atoms with Gasteiger partial charge in [-0.25, -0.2) is 9.48 Å². The maximum atomic E-state index is 11.1. The first-order valence-electron chi connectivity index (χ1n) is 7.08. The summed E-state index contributed by atoms with van der Waals surface area (Å²) < 4.78 is 7.35. The third-order valence-corrected chi connectivity index (χ3v) is 3.85. The summed E-state index contributed by atoms with van der Waals surface area (Å²) in [6.07, 6.45) is -1.33. The molecule has 1 aliphatic heterocycles. The van der Waals surface area contributed by atoms with Crippen LogP contribution in [0.4, 0.5) is 10.6 Å². The van der Waals surface area contributed by atoms with Crippen LogP contribution in [0.3, 0.4) is 0 Å². The van der Waals surface area contributed by atoms with Crippen molar-refractivity contribution in [1.29, 1.82) is 0 Å². The number of morpholine rings is 1. The molecule has 1 unspecified atom stereocenters. The first-order chi connectivity index (χ1) is 10.6. The minimum absolute atomic E-state index is 0.265. The Morgan fingerprint density at radius 3 is 2.82 bits per heavy atom. The molecule has 1 atom stereocenters. The zero-order chi connectivity index (χ0) is 15.7. The minimum atomic E-state index is -0.943. The fraction of sp³-hybridized carbons (Fsp3) is 0.333. The molecule has 0 radical (unpaired) electrons. The number of nitrogens with two attached hydrogens (primary N) is 1. The number of para-hydroxylation sites is 1. The molecule has 1 saturated heterocycles. The number of carbonyl (C=O) groups is 1. The maximum absolute atomic E-state index is 11.1. The number of anilines is 1. The van der Waals surface area contributed by atoms with Gasteiger partial charge in [0.25, 0.3) is 0 Å². The molecule has 1 fully saturated rings. The van der Waals surface area contributed by atoms with Gasteiger partial charge in [-0.1, -0.05) is 18.2 Å². The summed E-state index contributed by atoms with van der Waals surface area (Å²) in [4.78, 5) is 12.5. The highest BCUT2D eigenvalue weighted by molar-refractivity contribution is 5.65. The predicted octanol–water partition coefficient (Wildman–Crippen LogP) is 1.81. The van der Waals surface area contributed by atoms with Crippen LogP contribution in [0.25, 0.3) is 5.69 Å². The summed E-state index contributed by atoms with van der Waals surface area (Å²) in [7, 11) is 0. The SMILES string of the molecule is Cc1c(C2CN(C(=O)O)CCO2)nn(-c2ccccc2)c1N. The van der Waals surface area contributed by atoms with Gasteiger partial charge in [0, 0.05) is 12.1 Å². The number of amides is 1. The van der Waals surface area contributed by atoms with Crippen molar-refractivity contribution in [3.05, 3.63) is 41.6 Å². The van der Waals surface area contributed by atoms with E-state index in [4.69, 9.17) is 15.6 Å². The Bertz CT molecular complexity index is 684. The van der Waals surface area contributed by atoms with Gasteiger partial charge in [-0.05, 0) is 19.1 Å². The summed E-state index contributed by atoms with van der Waals surface area (Å²) in [5.41, 5.74) is 8.52. The fourth-order valence-corrected chi connectivity index (χ4v) is 2.59. The van der Waals surface area contributed by atoms with Crippen LogP contribution in [0.1, 0.15) is 17.4 Å². The normalized spacial score (nSPS) is 18.4. The van der Waals surface area contributed by atoms with Crippen molar-refractivity contribution in [2.24, 2.45) is 0 Å². The van der Waals surface area contributed by atoms with Crippen LogP contribution in [0.2, 0.25) is 0 Å². The molecular formula is C15H18N4O3. The monoisotopic (exact) mass is 302 g/mol. The van der Waals surface area contributed by atoms with E-state index in [9.17, 15) is 4.79 Å². The van der Waals surface area contributed by atoms with Gasteiger partial charge in [-0.3, -0.25) is 0 Å². The van der Waals surface area contributed by atoms with Crippen LogP contribution >= 0.6 is 0 Å². The molecule has 116 valence electrons. The van der Waals surface area contributed by atoms with E-state index in [1.807, 2.05) is 37.3 Å². The molecule has 1 amide bonds. The lowest BCUT2D eigenvalue weighted by atomic mass is 10.1. The number of rotatable bonds is 2. The lowest BCUT2D eigenvalue weighted by Gasteiger charge is -2.30. The highest BCUT2D eigenvalue weighted by Crippen LogP contribution is 2.29. The van der Waals surface area contributed by atoms with E-state index in [2.05, 4.69) is 5.10 Å². The van der Waals surface area contributed by atoms with E-state index in [0.29, 0.717) is 24.7 Å². The third kappa shape index (κ3) is 2.50. The van der Waals surface area contributed by atoms with Gasteiger partial charge in [0.15, 0.2) is 0 Å². The molecular weight excluding hydrogens is 284 g/mol. The van der Waals surface area contributed by atoms with Crippen LogP contribution in [-0.2, 0) is 4.74 Å². The topological polar surface area (TPSA) is 93.6 Å². The first-order valence-corrected chi connectivity index (χ1v) is 7.08. The highest BCUT2D eigenvalue weighted by Gasteiger charge is 2.29. The van der Waals surface area contributed by atoms with E-state index < -0.39 is 12.2 Å². The largest absolute Gasteiger partial charge is 0.465 e. The lowest BCUT2D eigenvalue weighted by Crippen LogP contribution is -2.41. The van der Waals surface area contributed by atoms with Crippen molar-refractivity contribution in [3.8, 4) is 5.69 Å². The van der Waals surface area contributed by atoms with Gasteiger partial charge in [0.05, 0.1) is 24.5 Å². The van der Waals surface area contributed by atoms with E-state index in [-0.39, 0.29) is 6.54 Å². The van der Waals surface area contributed by atoms with Gasteiger partial charge in [-0.2, -0.15) is 5.10 Å². The summed E-state index contributed by atoms with van der Waals surface area (Å²) >= 11 is 0. The molecule has 7 nitrogen and oxygen atoms in total. The average Bonchev–Trinajstić information content (AvgIpc) is 2.84. The van der Waals surface area contributed by atoms with Crippen LogP contribution in [0, 0.1) is 6.92 Å². The zero-order valence-corrected chi connectivity index (χ0v) is 12.3. The Labute approximate surface area is 127 Å². The number of nitrogen functional groups attached to an aromatic ring is 1. The summed E-state index contributed by atoms with van der Waals surface area (Å²) in [6.45, 7) is 2.87. The quantitative estimate of drug-likeness (QED) is 0.882. The summed E-state index contributed by atoms with van der Waals surface area (Å²) in [5, 5.41) is 13.7. The van der Waals surface area contributed by atoms with Gasteiger partial charge in [-0.15, -0.1) is 0 Å². The number of ether oxygens (including phenoxy) is 1. The average molecular weight is 302 g/mol. The molecule has 1 aliphatic rings. The standard InChI is InChI=1S/C15H18N4O3/c1-10-13(12-9-18(15(20)21)7-8-22-12)17-19(14(10)16)11-5-3-2-4-6-11/h2-6,12H,7-9,16H2,1H3,(H,20,21). The van der Waals surface area contributed by atoms with Gasteiger partial charge in [0.1, 0.15) is 11.9 Å². The molecule has 22 heavy (non-hydrogen) atoms. The van der Waals surface area contributed by atoms with Crippen molar-refractivity contribution < 1.29 is 14.6 Å². The third-order valence-electron chi connectivity index (χ3n) is 3.85. The maximum Gasteiger partial charge on any atom is 0.407 e. The van der Waals surface area contributed by atoms with Gasteiger partial charge < -0.3 is 20.5 Å². The minimum Gasteiger partial charge on any atom is -0.465 e. The van der Waals surface area contributed by atoms with Gasteiger partial charge in [0.2, 0.25) is 0 Å². The summed E-state index contributed by atoms with van der Waals surface area (Å²) in [5.74, 6) is 0.539. The molecule has 1 aromatic heterocycles. The van der Waals surface area contributed by atoms with Crippen molar-refractivity contribution in [1.82, 2.24) is 14.7 Å². The Hall–Kier alpha value is -2.54. The Morgan fingerprint density at radius 2 is 2.14 bits per heavy atom. The Kier molecular flexibility index (Phi) is 3.72. The number of benzene rings is 1. The first kappa shape index (κ1) is 14.4. The van der Waals surface area contributed by atoms with E-state index >= 15 is 0 Å². The second-order valence-electron chi connectivity index (χ2n) is 5.23. The molecule has 3 rings (SSSR count). The molecule has 1 aromatic carbocycles. The van der Waals surface area contributed by atoms with Crippen molar-refractivity contribution in [2.45, 2.75) is 13.0 Å². The van der Waals surface area contributed by atoms with E-state index in [1.165, 1.54) is 4.90 Å². The van der Waals surface area contributed by atoms with Crippen LogP contribution in [0.5, 0.6) is 0 Å². The van der Waals surface area contributed by atoms with Crippen LogP contribution in [-0.4, -0.2) is 45.6 Å². The molecule has 2 heterocycles. The van der Waals surface area contributed by atoms with Crippen LogP contribution in [0.15, 0.2) is 30.3 Å².